The minimum Gasteiger partial charge on any atom is -0.459 e. The summed E-state index contributed by atoms with van der Waals surface area (Å²) in [6.45, 7) is 2.11. The van der Waals surface area contributed by atoms with Gasteiger partial charge in [-0.2, -0.15) is 0 Å². The summed E-state index contributed by atoms with van der Waals surface area (Å²) in [4.78, 5) is 13.7. The van der Waals surface area contributed by atoms with E-state index < -0.39 is 0 Å². The second-order valence-electron chi connectivity index (χ2n) is 4.76. The highest BCUT2D eigenvalue weighted by atomic mass is 16.5. The zero-order chi connectivity index (χ0) is 14.4. The molecule has 5 heteroatoms. The fourth-order valence-electron chi connectivity index (χ4n) is 1.94. The first-order valence-corrected chi connectivity index (χ1v) is 6.60. The highest BCUT2D eigenvalue weighted by molar-refractivity contribution is 5.79. The van der Waals surface area contributed by atoms with Gasteiger partial charge in [0.25, 0.3) is 0 Å². The number of fused-ring (bicyclic) bond motifs is 1. The van der Waals surface area contributed by atoms with Crippen LogP contribution >= 0.6 is 0 Å². The zero-order valence-corrected chi connectivity index (χ0v) is 11.9. The molecule has 20 heavy (non-hydrogen) atoms. The van der Waals surface area contributed by atoms with E-state index in [1.165, 1.54) is 0 Å². The van der Waals surface area contributed by atoms with Gasteiger partial charge in [0.15, 0.2) is 0 Å². The number of amides is 1. The Kier molecular flexibility index (Phi) is 5.15. The fraction of sp³-hybridized carbons (Fsp3) is 0.400. The molecule has 1 aromatic heterocycles. The minimum atomic E-state index is -0.0240. The summed E-state index contributed by atoms with van der Waals surface area (Å²) in [6.07, 6.45) is 0. The molecule has 2 rings (SSSR count). The number of hydrogen-bond acceptors (Lipinski definition) is 4. The van der Waals surface area contributed by atoms with Gasteiger partial charge in [0.2, 0.25) is 5.91 Å². The lowest BCUT2D eigenvalue weighted by Gasteiger charge is -2.15. The first-order valence-electron chi connectivity index (χ1n) is 6.60. The minimum absolute atomic E-state index is 0.0240. The van der Waals surface area contributed by atoms with Crippen LogP contribution in [0.1, 0.15) is 5.76 Å². The Balaban J connectivity index is 1.81. The number of furan rings is 1. The summed E-state index contributed by atoms with van der Waals surface area (Å²) >= 11 is 0. The molecule has 1 aromatic carbocycles. The highest BCUT2D eigenvalue weighted by Crippen LogP contribution is 2.18. The average Bonchev–Trinajstić information content (AvgIpc) is 2.85. The largest absolute Gasteiger partial charge is 0.459 e. The molecule has 0 atom stereocenters. The van der Waals surface area contributed by atoms with Gasteiger partial charge in [0.05, 0.1) is 19.7 Å². The molecular weight excluding hydrogens is 256 g/mol. The number of carbonyl (C=O) groups is 1. The van der Waals surface area contributed by atoms with E-state index in [4.69, 9.17) is 9.15 Å². The summed E-state index contributed by atoms with van der Waals surface area (Å²) in [5, 5.41) is 3.90. The van der Waals surface area contributed by atoms with E-state index in [-0.39, 0.29) is 5.91 Å². The van der Waals surface area contributed by atoms with Crippen molar-refractivity contribution in [2.45, 2.75) is 6.54 Å². The van der Waals surface area contributed by atoms with Crippen molar-refractivity contribution in [1.82, 2.24) is 10.2 Å². The average molecular weight is 276 g/mol. The normalized spacial score (nSPS) is 11.2. The smallest absolute Gasteiger partial charge is 0.234 e. The summed E-state index contributed by atoms with van der Waals surface area (Å²) in [5.74, 6) is 0.739. The van der Waals surface area contributed by atoms with Crippen molar-refractivity contribution in [3.05, 3.63) is 36.1 Å². The SMILES string of the molecule is COCCN(C)CC(=O)NCc1cc2ccccc2o1. The predicted octanol–water partition coefficient (Wildman–Crippen LogP) is 1.63. The summed E-state index contributed by atoms with van der Waals surface area (Å²) < 4.78 is 10.6. The van der Waals surface area contributed by atoms with Gasteiger partial charge in [-0.1, -0.05) is 18.2 Å². The third-order valence-electron chi connectivity index (χ3n) is 3.03. The predicted molar refractivity (Wildman–Crippen MR) is 77.4 cm³/mol. The zero-order valence-electron chi connectivity index (χ0n) is 11.9. The fourth-order valence-corrected chi connectivity index (χ4v) is 1.94. The van der Waals surface area contributed by atoms with Crippen LogP contribution in [0.4, 0.5) is 0 Å². The van der Waals surface area contributed by atoms with Gasteiger partial charge in [0.1, 0.15) is 11.3 Å². The Labute approximate surface area is 118 Å². The Morgan fingerprint density at radius 3 is 2.95 bits per heavy atom. The lowest BCUT2D eigenvalue weighted by molar-refractivity contribution is -0.122. The van der Waals surface area contributed by atoms with E-state index in [1.54, 1.807) is 7.11 Å². The van der Waals surface area contributed by atoms with Gasteiger partial charge in [0, 0.05) is 19.0 Å². The molecule has 5 nitrogen and oxygen atoms in total. The Bertz CT molecular complexity index is 532. The number of benzene rings is 1. The van der Waals surface area contributed by atoms with E-state index >= 15 is 0 Å². The van der Waals surface area contributed by atoms with Crippen LogP contribution in [-0.2, 0) is 16.1 Å². The van der Waals surface area contributed by atoms with Crippen molar-refractivity contribution in [3.8, 4) is 0 Å². The molecular formula is C15H20N2O3. The maximum absolute atomic E-state index is 11.8. The topological polar surface area (TPSA) is 54.7 Å². The Morgan fingerprint density at radius 2 is 2.20 bits per heavy atom. The molecule has 0 saturated carbocycles. The molecule has 108 valence electrons. The molecule has 1 amide bonds. The number of methoxy groups -OCH3 is 1. The van der Waals surface area contributed by atoms with Crippen LogP contribution in [-0.4, -0.2) is 44.7 Å². The third-order valence-corrected chi connectivity index (χ3v) is 3.03. The van der Waals surface area contributed by atoms with Crippen molar-refractivity contribution in [2.24, 2.45) is 0 Å². The maximum Gasteiger partial charge on any atom is 0.234 e. The van der Waals surface area contributed by atoms with Crippen molar-refractivity contribution >= 4 is 16.9 Å². The summed E-state index contributed by atoms with van der Waals surface area (Å²) in [6, 6.07) is 9.75. The van der Waals surface area contributed by atoms with Crippen molar-refractivity contribution < 1.29 is 13.9 Å². The first-order chi connectivity index (χ1) is 9.69. The van der Waals surface area contributed by atoms with E-state index in [1.807, 2.05) is 42.3 Å². The summed E-state index contributed by atoms with van der Waals surface area (Å²) in [7, 11) is 3.54. The number of hydrogen-bond donors (Lipinski definition) is 1. The molecule has 0 unspecified atom stereocenters. The molecule has 1 heterocycles. The molecule has 0 spiro atoms. The molecule has 0 radical (unpaired) electrons. The quantitative estimate of drug-likeness (QED) is 0.835. The van der Waals surface area contributed by atoms with E-state index in [0.29, 0.717) is 19.7 Å². The number of nitrogens with zero attached hydrogens (tertiary/aromatic N) is 1. The molecule has 0 aliphatic carbocycles. The van der Waals surface area contributed by atoms with Gasteiger partial charge in [-0.05, 0) is 19.2 Å². The molecule has 0 aliphatic rings. The van der Waals surface area contributed by atoms with Crippen LogP contribution in [0, 0.1) is 0 Å². The van der Waals surface area contributed by atoms with Gasteiger partial charge >= 0.3 is 0 Å². The standard InChI is InChI=1S/C15H20N2O3/c1-17(7-8-19-2)11-15(18)16-10-13-9-12-5-3-4-6-14(12)20-13/h3-6,9H,7-8,10-11H2,1-2H3,(H,16,18). The van der Waals surface area contributed by atoms with Crippen LogP contribution < -0.4 is 5.32 Å². The van der Waals surface area contributed by atoms with Gasteiger partial charge in [-0.25, -0.2) is 0 Å². The molecule has 0 aliphatic heterocycles. The number of rotatable bonds is 7. The van der Waals surface area contributed by atoms with E-state index in [2.05, 4.69) is 5.32 Å². The third kappa shape index (κ3) is 4.08. The molecule has 0 bridgehead atoms. The van der Waals surface area contributed by atoms with Gasteiger partial charge < -0.3 is 14.5 Å². The van der Waals surface area contributed by atoms with Crippen molar-refractivity contribution in [3.63, 3.8) is 0 Å². The molecule has 1 N–H and O–H groups in total. The molecule has 0 fully saturated rings. The van der Waals surface area contributed by atoms with Crippen LogP contribution in [0.2, 0.25) is 0 Å². The monoisotopic (exact) mass is 276 g/mol. The van der Waals surface area contributed by atoms with Gasteiger partial charge in [-0.3, -0.25) is 9.69 Å². The van der Waals surface area contributed by atoms with Crippen LogP contribution in [0.5, 0.6) is 0 Å². The molecule has 2 aromatic rings. The lowest BCUT2D eigenvalue weighted by Crippen LogP contribution is -2.36. The number of likely N-dealkylation sites (N-methyl/N-ethyl adjacent to an activating group) is 1. The van der Waals surface area contributed by atoms with Crippen LogP contribution in [0.3, 0.4) is 0 Å². The lowest BCUT2D eigenvalue weighted by atomic mass is 10.2. The van der Waals surface area contributed by atoms with Crippen LogP contribution in [0.25, 0.3) is 11.0 Å². The van der Waals surface area contributed by atoms with Crippen molar-refractivity contribution in [1.29, 1.82) is 0 Å². The Morgan fingerprint density at radius 1 is 1.40 bits per heavy atom. The second kappa shape index (κ2) is 7.07. The summed E-state index contributed by atoms with van der Waals surface area (Å²) in [5.41, 5.74) is 0.842. The highest BCUT2D eigenvalue weighted by Gasteiger charge is 2.08. The van der Waals surface area contributed by atoms with Gasteiger partial charge in [-0.15, -0.1) is 0 Å². The van der Waals surface area contributed by atoms with Crippen molar-refractivity contribution in [2.75, 3.05) is 33.9 Å². The molecule has 0 saturated heterocycles. The van der Waals surface area contributed by atoms with E-state index in [9.17, 15) is 4.79 Å². The number of carbonyl (C=O) groups excluding carboxylic acids is 1. The first kappa shape index (κ1) is 14.6. The Hall–Kier alpha value is -1.85. The number of para-hydroxylation sites is 1. The number of ether oxygens (including phenoxy) is 1. The van der Waals surface area contributed by atoms with E-state index in [0.717, 1.165) is 23.3 Å². The number of nitrogens with one attached hydrogen (secondary N) is 1. The second-order valence-corrected chi connectivity index (χ2v) is 4.76. The van der Waals surface area contributed by atoms with Crippen LogP contribution in [0.15, 0.2) is 34.7 Å². The maximum atomic E-state index is 11.8.